The van der Waals surface area contributed by atoms with E-state index in [0.717, 1.165) is 24.5 Å². The predicted octanol–water partition coefficient (Wildman–Crippen LogP) is 2.25. The van der Waals surface area contributed by atoms with Crippen molar-refractivity contribution in [3.05, 3.63) is 36.5 Å². The first-order valence-electron chi connectivity index (χ1n) is 5.96. The fourth-order valence-electron chi connectivity index (χ4n) is 2.18. The van der Waals surface area contributed by atoms with Crippen molar-refractivity contribution in [3.8, 4) is 11.3 Å². The highest BCUT2D eigenvalue weighted by Gasteiger charge is 2.30. The van der Waals surface area contributed by atoms with Crippen LogP contribution in [0.1, 0.15) is 6.04 Å². The summed E-state index contributed by atoms with van der Waals surface area (Å²) >= 11 is 1.83. The molecule has 0 amide bonds. The number of hydrogen-bond donors (Lipinski definition) is 0. The number of benzene rings is 1. The highest BCUT2D eigenvalue weighted by Crippen LogP contribution is 2.28. The summed E-state index contributed by atoms with van der Waals surface area (Å²) in [6, 6.07) is 10.4. The Hall–Kier alpha value is -1.33. The van der Waals surface area contributed by atoms with Crippen LogP contribution in [0.4, 0.5) is 0 Å². The summed E-state index contributed by atoms with van der Waals surface area (Å²) in [5.41, 5.74) is 2.02. The van der Waals surface area contributed by atoms with Crippen LogP contribution in [-0.2, 0) is 4.74 Å². The molecule has 1 aromatic heterocycles. The number of thioether (sulfide) groups is 1. The highest BCUT2D eigenvalue weighted by molar-refractivity contribution is 7.99. The molecule has 0 bridgehead atoms. The Balaban J connectivity index is 1.86. The second-order valence-electron chi connectivity index (χ2n) is 4.33. The number of aromatic nitrogens is 3. The third-order valence-electron chi connectivity index (χ3n) is 3.22. The molecule has 1 fully saturated rings. The molecule has 0 saturated carbocycles. The van der Waals surface area contributed by atoms with Gasteiger partial charge in [0.25, 0.3) is 0 Å². The van der Waals surface area contributed by atoms with E-state index in [1.165, 1.54) is 0 Å². The minimum absolute atomic E-state index is 0.296. The predicted molar refractivity (Wildman–Crippen MR) is 72.6 cm³/mol. The smallest absolute Gasteiger partial charge is 0.113 e. The van der Waals surface area contributed by atoms with Crippen molar-refractivity contribution in [1.82, 2.24) is 15.0 Å². The van der Waals surface area contributed by atoms with Crippen molar-refractivity contribution >= 4 is 11.8 Å². The van der Waals surface area contributed by atoms with Gasteiger partial charge in [0.05, 0.1) is 30.7 Å². The second kappa shape index (κ2) is 5.12. The quantitative estimate of drug-likeness (QED) is 0.849. The van der Waals surface area contributed by atoms with Crippen LogP contribution in [0.15, 0.2) is 36.5 Å². The molecule has 2 unspecified atom stereocenters. The zero-order valence-corrected chi connectivity index (χ0v) is 11.0. The molecule has 0 N–H and O–H groups in total. The van der Waals surface area contributed by atoms with Crippen LogP contribution in [-0.4, -0.2) is 39.7 Å². The van der Waals surface area contributed by atoms with Gasteiger partial charge in [-0.3, -0.25) is 0 Å². The molecule has 0 aliphatic carbocycles. The van der Waals surface area contributed by atoms with Crippen LogP contribution in [0.5, 0.6) is 0 Å². The molecule has 4 nitrogen and oxygen atoms in total. The van der Waals surface area contributed by atoms with Crippen LogP contribution in [0.3, 0.4) is 0 Å². The standard InChI is InChI=1S/C13H15N3OS/c1-18-13-9-17-8-12(13)16-7-11(14-15-16)10-5-3-2-4-6-10/h2-7,12-13H,8-9H2,1H3. The van der Waals surface area contributed by atoms with Gasteiger partial charge in [0.2, 0.25) is 0 Å². The fourth-order valence-corrected chi connectivity index (χ4v) is 2.92. The number of rotatable bonds is 3. The topological polar surface area (TPSA) is 39.9 Å². The molecule has 18 heavy (non-hydrogen) atoms. The second-order valence-corrected chi connectivity index (χ2v) is 5.41. The molecule has 1 aromatic carbocycles. The van der Waals surface area contributed by atoms with Crippen molar-refractivity contribution in [1.29, 1.82) is 0 Å². The van der Waals surface area contributed by atoms with Gasteiger partial charge in [0.15, 0.2) is 0 Å². The summed E-state index contributed by atoms with van der Waals surface area (Å²) in [5, 5.41) is 8.96. The van der Waals surface area contributed by atoms with E-state index in [2.05, 4.69) is 16.6 Å². The third-order valence-corrected chi connectivity index (χ3v) is 4.28. The van der Waals surface area contributed by atoms with Gasteiger partial charge in [-0.2, -0.15) is 11.8 Å². The zero-order chi connectivity index (χ0) is 12.4. The average molecular weight is 261 g/mol. The highest BCUT2D eigenvalue weighted by atomic mass is 32.2. The van der Waals surface area contributed by atoms with Gasteiger partial charge >= 0.3 is 0 Å². The first kappa shape index (κ1) is 11.7. The van der Waals surface area contributed by atoms with Crippen LogP contribution in [0.25, 0.3) is 11.3 Å². The van der Waals surface area contributed by atoms with Crippen molar-refractivity contribution in [2.24, 2.45) is 0 Å². The lowest BCUT2D eigenvalue weighted by Crippen LogP contribution is -2.20. The normalized spacial score (nSPS) is 23.4. The number of nitrogens with zero attached hydrogens (tertiary/aromatic N) is 3. The Morgan fingerprint density at radius 2 is 2.11 bits per heavy atom. The fraction of sp³-hybridized carbons (Fsp3) is 0.385. The lowest BCUT2D eigenvalue weighted by atomic mass is 10.2. The molecule has 0 spiro atoms. The van der Waals surface area contributed by atoms with Gasteiger partial charge in [-0.05, 0) is 6.26 Å². The summed E-state index contributed by atoms with van der Waals surface area (Å²) in [6.07, 6.45) is 4.12. The molecule has 2 heterocycles. The Morgan fingerprint density at radius 3 is 2.89 bits per heavy atom. The number of hydrogen-bond acceptors (Lipinski definition) is 4. The van der Waals surface area contributed by atoms with Gasteiger partial charge in [-0.15, -0.1) is 5.10 Å². The number of ether oxygens (including phenoxy) is 1. The minimum atomic E-state index is 0.296. The van der Waals surface area contributed by atoms with E-state index in [0.29, 0.717) is 11.3 Å². The van der Waals surface area contributed by atoms with Gasteiger partial charge in [-0.25, -0.2) is 4.68 Å². The van der Waals surface area contributed by atoms with E-state index in [4.69, 9.17) is 4.74 Å². The molecule has 5 heteroatoms. The SMILES string of the molecule is CSC1COCC1n1cc(-c2ccccc2)nn1. The minimum Gasteiger partial charge on any atom is -0.378 e. The molecule has 2 atom stereocenters. The van der Waals surface area contributed by atoms with E-state index in [-0.39, 0.29) is 0 Å². The maximum Gasteiger partial charge on any atom is 0.113 e. The summed E-state index contributed by atoms with van der Waals surface area (Å²) in [4.78, 5) is 0. The largest absolute Gasteiger partial charge is 0.378 e. The van der Waals surface area contributed by atoms with E-state index in [1.54, 1.807) is 0 Å². The lowest BCUT2D eigenvalue weighted by molar-refractivity contribution is 0.184. The molecule has 3 rings (SSSR count). The maximum absolute atomic E-state index is 5.52. The van der Waals surface area contributed by atoms with E-state index < -0.39 is 0 Å². The Morgan fingerprint density at radius 1 is 1.28 bits per heavy atom. The van der Waals surface area contributed by atoms with Gasteiger partial charge in [0.1, 0.15) is 5.69 Å². The van der Waals surface area contributed by atoms with Crippen LogP contribution in [0, 0.1) is 0 Å². The molecular weight excluding hydrogens is 246 g/mol. The molecule has 2 aromatic rings. The molecule has 1 aliphatic heterocycles. The van der Waals surface area contributed by atoms with E-state index >= 15 is 0 Å². The van der Waals surface area contributed by atoms with Crippen LogP contribution < -0.4 is 0 Å². The summed E-state index contributed by atoms with van der Waals surface area (Å²) < 4.78 is 7.46. The Labute approximate surface area is 110 Å². The Kier molecular flexibility index (Phi) is 3.34. The van der Waals surface area contributed by atoms with Crippen molar-refractivity contribution in [2.45, 2.75) is 11.3 Å². The zero-order valence-electron chi connectivity index (χ0n) is 10.2. The molecule has 0 radical (unpaired) electrons. The van der Waals surface area contributed by atoms with Gasteiger partial charge in [0, 0.05) is 5.56 Å². The first-order chi connectivity index (χ1) is 8.88. The van der Waals surface area contributed by atoms with Crippen molar-refractivity contribution in [2.75, 3.05) is 19.5 Å². The van der Waals surface area contributed by atoms with Crippen LogP contribution >= 0.6 is 11.8 Å². The van der Waals surface area contributed by atoms with Crippen molar-refractivity contribution < 1.29 is 4.74 Å². The lowest BCUT2D eigenvalue weighted by Gasteiger charge is -2.14. The summed E-state index contributed by atoms with van der Waals surface area (Å²) in [5.74, 6) is 0. The molecule has 94 valence electrons. The van der Waals surface area contributed by atoms with E-state index in [1.807, 2.05) is 53.0 Å². The first-order valence-corrected chi connectivity index (χ1v) is 7.25. The van der Waals surface area contributed by atoms with Crippen LogP contribution in [0.2, 0.25) is 0 Å². The average Bonchev–Trinajstić information content (AvgIpc) is 3.08. The van der Waals surface area contributed by atoms with Crippen molar-refractivity contribution in [3.63, 3.8) is 0 Å². The summed E-state index contributed by atoms with van der Waals surface area (Å²) in [7, 11) is 0. The molecular formula is C13H15N3OS. The van der Waals surface area contributed by atoms with E-state index in [9.17, 15) is 0 Å². The summed E-state index contributed by atoms with van der Waals surface area (Å²) in [6.45, 7) is 1.52. The van der Waals surface area contributed by atoms with Gasteiger partial charge in [-0.1, -0.05) is 35.5 Å². The molecule has 1 saturated heterocycles. The van der Waals surface area contributed by atoms with Gasteiger partial charge < -0.3 is 4.74 Å². The maximum atomic E-state index is 5.52. The monoisotopic (exact) mass is 261 g/mol. The molecule has 1 aliphatic rings. The third kappa shape index (κ3) is 2.15. The Bertz CT molecular complexity index is 514.